The first kappa shape index (κ1) is 16.0. The number of carboxylic acid groups (broad SMARTS) is 1. The minimum atomic E-state index is -1.10. The third kappa shape index (κ3) is 3.73. The van der Waals surface area contributed by atoms with Crippen LogP contribution in [-0.4, -0.2) is 59.3 Å². The first-order chi connectivity index (χ1) is 11.1. The van der Waals surface area contributed by atoms with Gasteiger partial charge >= 0.3 is 5.97 Å². The molecule has 0 radical (unpaired) electrons. The molecule has 3 rings (SSSR count). The second-order valence-electron chi connectivity index (χ2n) is 5.69. The molecular weight excluding hydrogens is 324 g/mol. The molecule has 0 aromatic carbocycles. The maximum Gasteiger partial charge on any atom is 0.328 e. The van der Waals surface area contributed by atoms with Crippen LogP contribution in [0.5, 0.6) is 5.88 Å². The first-order valence-electron chi connectivity index (χ1n) is 7.46. The molecule has 124 valence electrons. The zero-order valence-corrected chi connectivity index (χ0v) is 13.2. The van der Waals surface area contributed by atoms with E-state index in [1.54, 1.807) is 0 Å². The van der Waals surface area contributed by atoms with Gasteiger partial charge in [0.1, 0.15) is 5.02 Å². The van der Waals surface area contributed by atoms with Crippen molar-refractivity contribution in [3.63, 3.8) is 0 Å². The van der Waals surface area contributed by atoms with E-state index >= 15 is 0 Å². The molecule has 1 aromatic heterocycles. The summed E-state index contributed by atoms with van der Waals surface area (Å²) in [5, 5.41) is 9.44. The van der Waals surface area contributed by atoms with Crippen LogP contribution in [0.25, 0.3) is 0 Å². The number of halogens is 1. The van der Waals surface area contributed by atoms with Crippen LogP contribution in [0.4, 0.5) is 0 Å². The summed E-state index contributed by atoms with van der Waals surface area (Å²) in [5.74, 6) is -0.656. The number of nitrogens with zero attached hydrogens (tertiary/aromatic N) is 2. The third-order valence-corrected chi connectivity index (χ3v) is 4.15. The second kappa shape index (κ2) is 6.72. The highest BCUT2D eigenvalue weighted by Gasteiger charge is 2.33. The Kier molecular flexibility index (Phi) is 4.68. The number of morpholine rings is 1. The van der Waals surface area contributed by atoms with E-state index in [1.807, 2.05) is 0 Å². The smallest absolute Gasteiger partial charge is 0.328 e. The van der Waals surface area contributed by atoms with Crippen molar-refractivity contribution in [2.24, 2.45) is 5.92 Å². The number of carbonyl (C=O) groups is 2. The van der Waals surface area contributed by atoms with Crippen LogP contribution in [0.15, 0.2) is 12.3 Å². The molecule has 1 amide bonds. The van der Waals surface area contributed by atoms with Crippen LogP contribution >= 0.6 is 11.6 Å². The Morgan fingerprint density at radius 2 is 2.26 bits per heavy atom. The number of amides is 1. The Hall–Kier alpha value is -1.86. The Labute approximate surface area is 138 Å². The summed E-state index contributed by atoms with van der Waals surface area (Å²) in [6, 6.07) is 0.467. The predicted octanol–water partition coefficient (Wildman–Crippen LogP) is 1.45. The van der Waals surface area contributed by atoms with Crippen molar-refractivity contribution in [3.05, 3.63) is 22.8 Å². The minimum Gasteiger partial charge on any atom is -0.480 e. The summed E-state index contributed by atoms with van der Waals surface area (Å²) < 4.78 is 10.6. The summed E-state index contributed by atoms with van der Waals surface area (Å²) in [4.78, 5) is 29.1. The largest absolute Gasteiger partial charge is 0.480 e. The van der Waals surface area contributed by atoms with Gasteiger partial charge < -0.3 is 19.5 Å². The lowest BCUT2D eigenvalue weighted by Gasteiger charge is -2.32. The molecule has 1 aliphatic carbocycles. The van der Waals surface area contributed by atoms with E-state index in [1.165, 1.54) is 17.2 Å². The Morgan fingerprint density at radius 3 is 2.91 bits per heavy atom. The zero-order valence-electron chi connectivity index (χ0n) is 12.4. The van der Waals surface area contributed by atoms with Gasteiger partial charge in [-0.2, -0.15) is 0 Å². The zero-order chi connectivity index (χ0) is 16.4. The molecule has 1 aliphatic heterocycles. The van der Waals surface area contributed by atoms with E-state index in [9.17, 15) is 14.7 Å². The molecule has 7 nitrogen and oxygen atoms in total. The molecular formula is C15H17ClN2O5. The highest BCUT2D eigenvalue weighted by molar-refractivity contribution is 6.32. The average Bonchev–Trinajstić information content (AvgIpc) is 3.37. The molecule has 0 bridgehead atoms. The number of hydrogen-bond donors (Lipinski definition) is 1. The van der Waals surface area contributed by atoms with Crippen LogP contribution in [0.2, 0.25) is 5.02 Å². The van der Waals surface area contributed by atoms with Gasteiger partial charge in [0.25, 0.3) is 5.91 Å². The van der Waals surface area contributed by atoms with Gasteiger partial charge in [-0.05, 0) is 24.8 Å². The molecule has 0 spiro atoms. The molecule has 23 heavy (non-hydrogen) atoms. The van der Waals surface area contributed by atoms with E-state index in [-0.39, 0.29) is 23.7 Å². The van der Waals surface area contributed by atoms with Crippen LogP contribution in [-0.2, 0) is 9.53 Å². The third-order valence-electron chi connectivity index (χ3n) is 3.88. The molecule has 1 saturated carbocycles. The first-order valence-corrected chi connectivity index (χ1v) is 7.84. The van der Waals surface area contributed by atoms with Gasteiger partial charge in [0.15, 0.2) is 6.04 Å². The van der Waals surface area contributed by atoms with Crippen molar-refractivity contribution in [3.8, 4) is 5.88 Å². The van der Waals surface area contributed by atoms with E-state index in [0.29, 0.717) is 25.0 Å². The van der Waals surface area contributed by atoms with E-state index in [0.717, 1.165) is 12.8 Å². The summed E-state index contributed by atoms with van der Waals surface area (Å²) in [5.41, 5.74) is 0.238. The lowest BCUT2D eigenvalue weighted by molar-refractivity contribution is -0.147. The van der Waals surface area contributed by atoms with Crippen molar-refractivity contribution in [1.82, 2.24) is 9.88 Å². The Balaban J connectivity index is 1.72. The van der Waals surface area contributed by atoms with Gasteiger partial charge in [-0.25, -0.2) is 9.78 Å². The fraction of sp³-hybridized carbons (Fsp3) is 0.533. The van der Waals surface area contributed by atoms with Gasteiger partial charge in [0, 0.05) is 12.7 Å². The molecule has 1 saturated heterocycles. The number of hydrogen-bond acceptors (Lipinski definition) is 5. The van der Waals surface area contributed by atoms with Crippen molar-refractivity contribution in [1.29, 1.82) is 0 Å². The number of aliphatic carboxylic acids is 1. The topological polar surface area (TPSA) is 89.0 Å². The fourth-order valence-electron chi connectivity index (χ4n) is 2.35. The van der Waals surface area contributed by atoms with Gasteiger partial charge in [-0.15, -0.1) is 0 Å². The van der Waals surface area contributed by atoms with Crippen LogP contribution in [0.3, 0.4) is 0 Å². The molecule has 1 atom stereocenters. The highest BCUT2D eigenvalue weighted by atomic mass is 35.5. The number of carbonyl (C=O) groups excluding carboxylic acids is 1. The van der Waals surface area contributed by atoms with Crippen LogP contribution in [0, 0.1) is 5.92 Å². The van der Waals surface area contributed by atoms with Gasteiger partial charge in [-0.3, -0.25) is 4.79 Å². The van der Waals surface area contributed by atoms with Gasteiger partial charge in [0.05, 0.1) is 25.4 Å². The van der Waals surface area contributed by atoms with Gasteiger partial charge in [0.2, 0.25) is 5.88 Å². The number of ether oxygens (including phenoxy) is 2. The summed E-state index contributed by atoms with van der Waals surface area (Å²) in [6.07, 6.45) is 3.68. The molecule has 1 N–H and O–H groups in total. The number of rotatable bonds is 5. The summed E-state index contributed by atoms with van der Waals surface area (Å²) in [6.45, 7) is 1.07. The predicted molar refractivity (Wildman–Crippen MR) is 80.7 cm³/mol. The standard InChI is InChI=1S/C15H17ClN2O5/c16-11-5-10(6-17-13(11)23-7-9-1-2-9)14(19)18-3-4-22-8-12(18)15(20)21/h5-6,9,12H,1-4,7-8H2,(H,20,21). The lowest BCUT2D eigenvalue weighted by atomic mass is 10.1. The number of aromatic nitrogens is 1. The maximum absolute atomic E-state index is 12.5. The number of pyridine rings is 1. The number of carboxylic acids is 1. The van der Waals surface area contributed by atoms with E-state index in [4.69, 9.17) is 21.1 Å². The lowest BCUT2D eigenvalue weighted by Crippen LogP contribution is -2.52. The Bertz CT molecular complexity index is 620. The van der Waals surface area contributed by atoms with Crippen molar-refractivity contribution in [2.75, 3.05) is 26.4 Å². The average molecular weight is 341 g/mol. The van der Waals surface area contributed by atoms with Gasteiger partial charge in [-0.1, -0.05) is 11.6 Å². The van der Waals surface area contributed by atoms with E-state index < -0.39 is 17.9 Å². The fourth-order valence-corrected chi connectivity index (χ4v) is 2.57. The molecule has 2 fully saturated rings. The quantitative estimate of drug-likeness (QED) is 0.872. The second-order valence-corrected chi connectivity index (χ2v) is 6.10. The minimum absolute atomic E-state index is 0.0230. The Morgan fingerprint density at radius 1 is 1.48 bits per heavy atom. The molecule has 8 heteroatoms. The summed E-state index contributed by atoms with van der Waals surface area (Å²) >= 11 is 6.12. The SMILES string of the molecule is O=C(O)C1COCCN1C(=O)c1cnc(OCC2CC2)c(Cl)c1. The van der Waals surface area contributed by atoms with E-state index in [2.05, 4.69) is 4.98 Å². The van der Waals surface area contributed by atoms with Crippen molar-refractivity contribution < 1.29 is 24.2 Å². The highest BCUT2D eigenvalue weighted by Crippen LogP contribution is 2.31. The molecule has 1 aromatic rings. The van der Waals surface area contributed by atoms with Crippen LogP contribution < -0.4 is 4.74 Å². The molecule has 2 heterocycles. The molecule has 2 aliphatic rings. The maximum atomic E-state index is 12.5. The van der Waals surface area contributed by atoms with Crippen molar-refractivity contribution in [2.45, 2.75) is 18.9 Å². The summed E-state index contributed by atoms with van der Waals surface area (Å²) in [7, 11) is 0. The molecule has 1 unspecified atom stereocenters. The monoisotopic (exact) mass is 340 g/mol. The van der Waals surface area contributed by atoms with Crippen molar-refractivity contribution >= 4 is 23.5 Å². The normalized spacial score (nSPS) is 21.1. The van der Waals surface area contributed by atoms with Crippen LogP contribution in [0.1, 0.15) is 23.2 Å².